The first-order chi connectivity index (χ1) is 11.6. The summed E-state index contributed by atoms with van der Waals surface area (Å²) in [6, 6.07) is 5.94. The highest BCUT2D eigenvalue weighted by Gasteiger charge is 2.25. The van der Waals surface area contributed by atoms with Crippen LogP contribution in [0.15, 0.2) is 30.5 Å². The second-order valence-electron chi connectivity index (χ2n) is 5.95. The van der Waals surface area contributed by atoms with Gasteiger partial charge < -0.3 is 15.2 Å². The molecular formula is C18H19FN2O3. The van der Waals surface area contributed by atoms with Crippen LogP contribution in [0.4, 0.5) is 4.39 Å². The summed E-state index contributed by atoms with van der Waals surface area (Å²) in [7, 11) is 1.45. The van der Waals surface area contributed by atoms with E-state index in [1.807, 2.05) is 0 Å². The van der Waals surface area contributed by atoms with Crippen molar-refractivity contribution in [2.24, 2.45) is 5.92 Å². The number of halogens is 1. The van der Waals surface area contributed by atoms with E-state index in [4.69, 9.17) is 4.74 Å². The minimum Gasteiger partial charge on any atom is -0.504 e. The fourth-order valence-electron chi connectivity index (χ4n) is 2.56. The van der Waals surface area contributed by atoms with Gasteiger partial charge in [0.1, 0.15) is 5.82 Å². The number of pyridine rings is 1. The van der Waals surface area contributed by atoms with Gasteiger partial charge >= 0.3 is 0 Å². The summed E-state index contributed by atoms with van der Waals surface area (Å²) in [5, 5.41) is 12.8. The molecule has 1 aromatic carbocycles. The van der Waals surface area contributed by atoms with E-state index in [0.29, 0.717) is 17.0 Å². The molecule has 0 spiro atoms. The standard InChI is InChI=1S/C18H19FN2O3/c1-24-16-9-13(8-12(17(16)22)7-11-4-5-11)18(23)21-10-15-14(19)3-2-6-20-15/h2-3,6,8-9,11,22H,4-5,7,10H2,1H3,(H,21,23). The number of aromatic hydroxyl groups is 1. The molecule has 0 aliphatic heterocycles. The van der Waals surface area contributed by atoms with Crippen molar-refractivity contribution in [3.63, 3.8) is 0 Å². The number of methoxy groups -OCH3 is 1. The Morgan fingerprint density at radius 3 is 2.92 bits per heavy atom. The van der Waals surface area contributed by atoms with Crippen molar-refractivity contribution in [2.75, 3.05) is 7.11 Å². The normalized spacial score (nSPS) is 13.6. The quantitative estimate of drug-likeness (QED) is 0.854. The van der Waals surface area contributed by atoms with Gasteiger partial charge in [-0.1, -0.05) is 0 Å². The third-order valence-corrected chi connectivity index (χ3v) is 4.09. The Kier molecular flexibility index (Phi) is 4.64. The maximum Gasteiger partial charge on any atom is 0.251 e. The SMILES string of the molecule is COc1cc(C(=O)NCc2ncccc2F)cc(CC2CC2)c1O. The number of benzene rings is 1. The smallest absolute Gasteiger partial charge is 0.251 e. The van der Waals surface area contributed by atoms with Crippen LogP contribution in [0.2, 0.25) is 0 Å². The molecule has 1 saturated carbocycles. The topological polar surface area (TPSA) is 71.5 Å². The molecule has 1 fully saturated rings. The number of carbonyl (C=O) groups is 1. The molecule has 1 amide bonds. The number of ether oxygens (including phenoxy) is 1. The zero-order valence-electron chi connectivity index (χ0n) is 13.4. The molecule has 24 heavy (non-hydrogen) atoms. The van der Waals surface area contributed by atoms with E-state index in [1.54, 1.807) is 6.07 Å². The summed E-state index contributed by atoms with van der Waals surface area (Å²) < 4.78 is 18.7. The van der Waals surface area contributed by atoms with Gasteiger partial charge in [-0.25, -0.2) is 4.39 Å². The minimum absolute atomic E-state index is 0.00728. The molecule has 1 aliphatic rings. The molecule has 1 heterocycles. The van der Waals surface area contributed by atoms with Gasteiger partial charge in [0.05, 0.1) is 19.3 Å². The third kappa shape index (κ3) is 3.64. The molecule has 0 saturated heterocycles. The molecule has 3 rings (SSSR count). The largest absolute Gasteiger partial charge is 0.504 e. The Morgan fingerprint density at radius 2 is 2.25 bits per heavy atom. The Morgan fingerprint density at radius 1 is 1.46 bits per heavy atom. The van der Waals surface area contributed by atoms with Crippen LogP contribution in [0, 0.1) is 11.7 Å². The van der Waals surface area contributed by atoms with Crippen LogP contribution in [0.25, 0.3) is 0 Å². The Bertz CT molecular complexity index is 760. The van der Waals surface area contributed by atoms with Gasteiger partial charge in [-0.2, -0.15) is 0 Å². The van der Waals surface area contributed by atoms with Gasteiger partial charge in [-0.3, -0.25) is 9.78 Å². The summed E-state index contributed by atoms with van der Waals surface area (Å²) in [4.78, 5) is 16.3. The molecule has 5 nitrogen and oxygen atoms in total. The summed E-state index contributed by atoms with van der Waals surface area (Å²) in [6.07, 6.45) is 4.47. The van der Waals surface area contributed by atoms with Gasteiger partial charge in [0.25, 0.3) is 5.91 Å². The lowest BCUT2D eigenvalue weighted by atomic mass is 10.0. The van der Waals surface area contributed by atoms with Crippen molar-refractivity contribution >= 4 is 5.91 Å². The first kappa shape index (κ1) is 16.2. The van der Waals surface area contributed by atoms with E-state index in [0.717, 1.165) is 19.3 Å². The highest BCUT2D eigenvalue weighted by molar-refractivity contribution is 5.95. The van der Waals surface area contributed by atoms with Gasteiger partial charge in [0.2, 0.25) is 0 Å². The van der Waals surface area contributed by atoms with Crippen LogP contribution in [0.1, 0.15) is 34.5 Å². The van der Waals surface area contributed by atoms with E-state index < -0.39 is 5.82 Å². The van der Waals surface area contributed by atoms with Crippen molar-refractivity contribution in [3.8, 4) is 11.5 Å². The lowest BCUT2D eigenvalue weighted by molar-refractivity contribution is 0.0949. The fraction of sp³-hybridized carbons (Fsp3) is 0.333. The number of hydrogen-bond donors (Lipinski definition) is 2. The predicted molar refractivity (Wildman–Crippen MR) is 86.5 cm³/mol. The lowest BCUT2D eigenvalue weighted by Gasteiger charge is -2.12. The van der Waals surface area contributed by atoms with Crippen molar-refractivity contribution in [1.82, 2.24) is 10.3 Å². The molecule has 2 N–H and O–H groups in total. The van der Waals surface area contributed by atoms with E-state index >= 15 is 0 Å². The summed E-state index contributed by atoms with van der Waals surface area (Å²) in [5.41, 5.74) is 1.25. The minimum atomic E-state index is -0.462. The van der Waals surface area contributed by atoms with Crippen LogP contribution in [0.3, 0.4) is 0 Å². The maximum atomic E-state index is 13.6. The van der Waals surface area contributed by atoms with Crippen LogP contribution in [-0.4, -0.2) is 23.1 Å². The van der Waals surface area contributed by atoms with Crippen LogP contribution < -0.4 is 10.1 Å². The summed E-state index contributed by atoms with van der Waals surface area (Å²) >= 11 is 0. The zero-order valence-corrected chi connectivity index (χ0v) is 13.4. The molecule has 126 valence electrons. The van der Waals surface area contributed by atoms with Gasteiger partial charge in [0.15, 0.2) is 11.5 Å². The van der Waals surface area contributed by atoms with Gasteiger partial charge in [0, 0.05) is 11.8 Å². The lowest BCUT2D eigenvalue weighted by Crippen LogP contribution is -2.24. The Balaban J connectivity index is 1.77. The maximum absolute atomic E-state index is 13.6. The van der Waals surface area contributed by atoms with Crippen LogP contribution in [0.5, 0.6) is 11.5 Å². The number of nitrogens with one attached hydrogen (secondary N) is 1. The molecule has 1 aliphatic carbocycles. The molecule has 6 heteroatoms. The molecule has 0 atom stereocenters. The summed E-state index contributed by atoms with van der Waals surface area (Å²) in [5.74, 6) is 0.0754. The van der Waals surface area contributed by atoms with Crippen molar-refractivity contribution in [2.45, 2.75) is 25.8 Å². The average Bonchev–Trinajstić information content (AvgIpc) is 3.39. The first-order valence-corrected chi connectivity index (χ1v) is 7.86. The Hall–Kier alpha value is -2.63. The van der Waals surface area contributed by atoms with E-state index in [2.05, 4.69) is 10.3 Å². The highest BCUT2D eigenvalue weighted by atomic mass is 19.1. The van der Waals surface area contributed by atoms with E-state index in [-0.39, 0.29) is 29.6 Å². The third-order valence-electron chi connectivity index (χ3n) is 4.09. The number of carbonyl (C=O) groups excluding carboxylic acids is 1. The molecule has 0 bridgehead atoms. The number of aromatic nitrogens is 1. The van der Waals surface area contributed by atoms with E-state index in [1.165, 1.54) is 31.5 Å². The second-order valence-corrected chi connectivity index (χ2v) is 5.95. The number of amides is 1. The number of nitrogens with zero attached hydrogens (tertiary/aromatic N) is 1. The molecule has 0 radical (unpaired) electrons. The number of phenols is 1. The average molecular weight is 330 g/mol. The number of hydrogen-bond acceptors (Lipinski definition) is 4. The highest BCUT2D eigenvalue weighted by Crippen LogP contribution is 2.39. The first-order valence-electron chi connectivity index (χ1n) is 7.86. The zero-order chi connectivity index (χ0) is 17.1. The molecule has 1 aromatic heterocycles. The summed E-state index contributed by atoms with van der Waals surface area (Å²) in [6.45, 7) is -0.00728. The van der Waals surface area contributed by atoms with E-state index in [9.17, 15) is 14.3 Å². The number of phenolic OH excluding ortho intramolecular Hbond substituents is 1. The van der Waals surface area contributed by atoms with Gasteiger partial charge in [-0.05, 0) is 55.0 Å². The van der Waals surface area contributed by atoms with Crippen molar-refractivity contribution < 1.29 is 19.0 Å². The number of rotatable bonds is 6. The predicted octanol–water partition coefficient (Wildman–Crippen LogP) is 2.82. The molecule has 0 unspecified atom stereocenters. The van der Waals surface area contributed by atoms with Gasteiger partial charge in [-0.15, -0.1) is 0 Å². The molecular weight excluding hydrogens is 311 g/mol. The van der Waals surface area contributed by atoms with Crippen LogP contribution in [-0.2, 0) is 13.0 Å². The van der Waals surface area contributed by atoms with Crippen LogP contribution >= 0.6 is 0 Å². The second kappa shape index (κ2) is 6.86. The van der Waals surface area contributed by atoms with Crippen molar-refractivity contribution in [1.29, 1.82) is 0 Å². The molecule has 2 aromatic rings. The monoisotopic (exact) mass is 330 g/mol. The van der Waals surface area contributed by atoms with Crippen molar-refractivity contribution in [3.05, 3.63) is 53.1 Å². The Labute approximate surface area is 139 Å². The fourth-order valence-corrected chi connectivity index (χ4v) is 2.56.